The SMILES string of the molecule is C=C/C=C(\C=C/C)c1ccccn1.CC. The molecular weight excluding hydrogens is 182 g/mol. The van der Waals surface area contributed by atoms with Crippen LogP contribution in [-0.2, 0) is 0 Å². The fraction of sp³-hybridized carbons (Fsp3) is 0.214. The van der Waals surface area contributed by atoms with E-state index in [-0.39, 0.29) is 0 Å². The summed E-state index contributed by atoms with van der Waals surface area (Å²) in [5, 5.41) is 0. The van der Waals surface area contributed by atoms with Crippen molar-refractivity contribution in [1.29, 1.82) is 0 Å². The Balaban J connectivity index is 0.000000921. The van der Waals surface area contributed by atoms with E-state index in [4.69, 9.17) is 0 Å². The van der Waals surface area contributed by atoms with Crippen LogP contribution in [0.2, 0.25) is 0 Å². The number of rotatable bonds is 3. The van der Waals surface area contributed by atoms with Gasteiger partial charge in [-0.1, -0.05) is 50.8 Å². The van der Waals surface area contributed by atoms with Gasteiger partial charge in [0, 0.05) is 6.20 Å². The molecule has 1 heterocycles. The van der Waals surface area contributed by atoms with Crippen molar-refractivity contribution >= 4 is 5.57 Å². The lowest BCUT2D eigenvalue weighted by atomic mass is 10.1. The van der Waals surface area contributed by atoms with Gasteiger partial charge in [0.25, 0.3) is 0 Å². The lowest BCUT2D eigenvalue weighted by Gasteiger charge is -1.98. The molecule has 80 valence electrons. The topological polar surface area (TPSA) is 12.9 Å². The van der Waals surface area contributed by atoms with Gasteiger partial charge in [-0.25, -0.2) is 0 Å². The lowest BCUT2D eigenvalue weighted by Crippen LogP contribution is -1.84. The standard InChI is InChI=1S/C12H13N.C2H6/c1-3-7-11(8-4-2)12-9-5-6-10-13-12;1-2/h3-10H,1H2,2H3;1-2H3/b8-4-,11-7+;. The predicted octanol–water partition coefficient (Wildman–Crippen LogP) is 4.25. The smallest absolute Gasteiger partial charge is 0.0701 e. The fourth-order valence-corrected chi connectivity index (χ4v) is 1.07. The summed E-state index contributed by atoms with van der Waals surface area (Å²) in [7, 11) is 0. The van der Waals surface area contributed by atoms with Gasteiger partial charge >= 0.3 is 0 Å². The Hall–Kier alpha value is -1.63. The van der Waals surface area contributed by atoms with Gasteiger partial charge in [-0.15, -0.1) is 0 Å². The molecule has 0 saturated heterocycles. The van der Waals surface area contributed by atoms with Crippen molar-refractivity contribution in [1.82, 2.24) is 4.98 Å². The summed E-state index contributed by atoms with van der Waals surface area (Å²) in [4.78, 5) is 4.25. The molecule has 15 heavy (non-hydrogen) atoms. The van der Waals surface area contributed by atoms with Crippen molar-refractivity contribution in [3.63, 3.8) is 0 Å². The number of pyridine rings is 1. The van der Waals surface area contributed by atoms with Gasteiger partial charge in [0.05, 0.1) is 5.69 Å². The molecule has 0 aromatic carbocycles. The van der Waals surface area contributed by atoms with E-state index in [1.54, 1.807) is 12.3 Å². The number of nitrogens with zero attached hydrogens (tertiary/aromatic N) is 1. The zero-order chi connectivity index (χ0) is 11.5. The molecule has 0 spiro atoms. The fourth-order valence-electron chi connectivity index (χ4n) is 1.07. The maximum atomic E-state index is 4.25. The first-order valence-corrected chi connectivity index (χ1v) is 5.25. The molecule has 0 radical (unpaired) electrons. The molecule has 1 aromatic heterocycles. The van der Waals surface area contributed by atoms with Crippen molar-refractivity contribution in [2.24, 2.45) is 0 Å². The normalized spacial score (nSPS) is 10.7. The first kappa shape index (κ1) is 13.4. The van der Waals surface area contributed by atoms with Gasteiger partial charge in [0.15, 0.2) is 0 Å². The van der Waals surface area contributed by atoms with Gasteiger partial charge in [0.2, 0.25) is 0 Å². The Kier molecular flexibility index (Phi) is 7.97. The second-order valence-electron chi connectivity index (χ2n) is 2.57. The molecule has 1 aromatic rings. The Morgan fingerprint density at radius 2 is 2.07 bits per heavy atom. The zero-order valence-electron chi connectivity index (χ0n) is 9.77. The molecule has 0 bridgehead atoms. The zero-order valence-corrected chi connectivity index (χ0v) is 9.77. The first-order valence-electron chi connectivity index (χ1n) is 5.25. The minimum Gasteiger partial charge on any atom is -0.256 e. The average Bonchev–Trinajstić information content (AvgIpc) is 2.33. The third-order valence-electron chi connectivity index (χ3n) is 1.60. The summed E-state index contributed by atoms with van der Waals surface area (Å²) >= 11 is 0. The van der Waals surface area contributed by atoms with E-state index < -0.39 is 0 Å². The molecule has 0 atom stereocenters. The summed E-state index contributed by atoms with van der Waals surface area (Å²) in [5.41, 5.74) is 2.05. The van der Waals surface area contributed by atoms with Crippen LogP contribution in [0, 0.1) is 0 Å². The van der Waals surface area contributed by atoms with E-state index in [0.29, 0.717) is 0 Å². The van der Waals surface area contributed by atoms with Crippen molar-refractivity contribution in [2.75, 3.05) is 0 Å². The van der Waals surface area contributed by atoms with Crippen LogP contribution in [0.1, 0.15) is 26.5 Å². The Bertz CT molecular complexity index is 320. The highest BCUT2D eigenvalue weighted by molar-refractivity contribution is 5.72. The largest absolute Gasteiger partial charge is 0.256 e. The van der Waals surface area contributed by atoms with Gasteiger partial charge < -0.3 is 0 Å². The second kappa shape index (κ2) is 8.95. The quantitative estimate of drug-likeness (QED) is 0.666. The minimum atomic E-state index is 0.973. The van der Waals surface area contributed by atoms with Crippen LogP contribution < -0.4 is 0 Å². The van der Waals surface area contributed by atoms with Crippen LogP contribution in [0.5, 0.6) is 0 Å². The van der Waals surface area contributed by atoms with Crippen LogP contribution in [-0.4, -0.2) is 4.98 Å². The molecule has 0 fully saturated rings. The molecule has 0 amide bonds. The number of aromatic nitrogens is 1. The number of hydrogen-bond acceptors (Lipinski definition) is 1. The highest BCUT2D eigenvalue weighted by Gasteiger charge is 1.94. The minimum absolute atomic E-state index is 0.973. The van der Waals surface area contributed by atoms with Gasteiger partial charge in [-0.3, -0.25) is 4.98 Å². The third kappa shape index (κ3) is 4.96. The van der Waals surface area contributed by atoms with Crippen molar-refractivity contribution in [3.8, 4) is 0 Å². The Morgan fingerprint density at radius 3 is 2.53 bits per heavy atom. The maximum Gasteiger partial charge on any atom is 0.0701 e. The van der Waals surface area contributed by atoms with Crippen molar-refractivity contribution in [3.05, 3.63) is 61.0 Å². The van der Waals surface area contributed by atoms with Crippen molar-refractivity contribution < 1.29 is 0 Å². The number of allylic oxidation sites excluding steroid dienone is 5. The molecule has 0 unspecified atom stereocenters. The van der Waals surface area contributed by atoms with Gasteiger partial charge in [0.1, 0.15) is 0 Å². The number of hydrogen-bond donors (Lipinski definition) is 0. The van der Waals surface area contributed by atoms with E-state index in [1.165, 1.54) is 0 Å². The van der Waals surface area contributed by atoms with Gasteiger partial charge in [-0.05, 0) is 24.6 Å². The lowest BCUT2D eigenvalue weighted by molar-refractivity contribution is 1.28. The molecule has 0 aliphatic rings. The van der Waals surface area contributed by atoms with Crippen LogP contribution >= 0.6 is 0 Å². The van der Waals surface area contributed by atoms with E-state index in [9.17, 15) is 0 Å². The molecule has 0 N–H and O–H groups in total. The van der Waals surface area contributed by atoms with Crippen LogP contribution in [0.15, 0.2) is 55.3 Å². The first-order chi connectivity index (χ1) is 7.38. The molecule has 1 heteroatoms. The highest BCUT2D eigenvalue weighted by atomic mass is 14.7. The third-order valence-corrected chi connectivity index (χ3v) is 1.60. The predicted molar refractivity (Wildman–Crippen MR) is 68.6 cm³/mol. The van der Waals surface area contributed by atoms with Gasteiger partial charge in [-0.2, -0.15) is 0 Å². The summed E-state index contributed by atoms with van der Waals surface area (Å²) in [6, 6.07) is 5.86. The Morgan fingerprint density at radius 1 is 1.33 bits per heavy atom. The summed E-state index contributed by atoms with van der Waals surface area (Å²) in [5.74, 6) is 0. The summed E-state index contributed by atoms with van der Waals surface area (Å²) < 4.78 is 0. The van der Waals surface area contributed by atoms with Crippen molar-refractivity contribution in [2.45, 2.75) is 20.8 Å². The molecule has 0 saturated carbocycles. The average molecular weight is 201 g/mol. The molecule has 0 aliphatic carbocycles. The summed E-state index contributed by atoms with van der Waals surface area (Å²) in [6.07, 6.45) is 9.51. The van der Waals surface area contributed by atoms with Crippen LogP contribution in [0.3, 0.4) is 0 Å². The summed E-state index contributed by atoms with van der Waals surface area (Å²) in [6.45, 7) is 9.66. The second-order valence-corrected chi connectivity index (χ2v) is 2.57. The molecule has 1 nitrogen and oxygen atoms in total. The van der Waals surface area contributed by atoms with Crippen LogP contribution in [0.4, 0.5) is 0 Å². The Labute approximate surface area is 92.9 Å². The van der Waals surface area contributed by atoms with Crippen LogP contribution in [0.25, 0.3) is 5.57 Å². The van der Waals surface area contributed by atoms with E-state index >= 15 is 0 Å². The van der Waals surface area contributed by atoms with E-state index in [2.05, 4.69) is 11.6 Å². The monoisotopic (exact) mass is 201 g/mol. The van der Waals surface area contributed by atoms with E-state index in [1.807, 2.05) is 57.2 Å². The highest BCUT2D eigenvalue weighted by Crippen LogP contribution is 2.12. The molecular formula is C14H19N. The molecule has 0 aliphatic heterocycles. The maximum absolute atomic E-state index is 4.25. The molecule has 1 rings (SSSR count). The van der Waals surface area contributed by atoms with E-state index in [0.717, 1.165) is 11.3 Å².